The van der Waals surface area contributed by atoms with Gasteiger partial charge in [0.2, 0.25) is 0 Å². The second-order valence-electron chi connectivity index (χ2n) is 6.25. The van der Waals surface area contributed by atoms with Crippen molar-refractivity contribution in [3.05, 3.63) is 0 Å². The van der Waals surface area contributed by atoms with Crippen LogP contribution in [-0.2, 0) is 9.59 Å². The zero-order valence-electron chi connectivity index (χ0n) is 14.1. The van der Waals surface area contributed by atoms with Gasteiger partial charge in [0.05, 0.1) is 13.1 Å². The Hall–Kier alpha value is -1.02. The van der Waals surface area contributed by atoms with E-state index in [0.717, 1.165) is 45.8 Å². The molecule has 0 aromatic rings. The fourth-order valence-electron chi connectivity index (χ4n) is 2.52. The lowest BCUT2D eigenvalue weighted by Crippen LogP contribution is -2.46. The average Bonchev–Trinajstić information content (AvgIpc) is 2.42. The summed E-state index contributed by atoms with van der Waals surface area (Å²) in [6, 6.07) is 0. The highest BCUT2D eigenvalue weighted by molar-refractivity contribution is 5.77. The fraction of sp³-hybridized carbons (Fsp3) is 0.867. The summed E-state index contributed by atoms with van der Waals surface area (Å²) in [5.74, 6) is -0.646. The summed E-state index contributed by atoms with van der Waals surface area (Å²) >= 11 is 0. The number of carboxylic acid groups (broad SMARTS) is 1. The summed E-state index contributed by atoms with van der Waals surface area (Å²) in [7, 11) is 4.17. The van der Waals surface area contributed by atoms with Crippen LogP contribution >= 0.6 is 0 Å². The van der Waals surface area contributed by atoms with E-state index in [1.54, 1.807) is 6.92 Å². The van der Waals surface area contributed by atoms with Gasteiger partial charge in [0.1, 0.15) is 5.78 Å². The predicted octanol–water partition coefficient (Wildman–Crippen LogP) is -0.859. The van der Waals surface area contributed by atoms with Gasteiger partial charge in [-0.15, -0.1) is 0 Å². The number of hydrogen-bond acceptors (Lipinski definition) is 6. The molecule has 22 heavy (non-hydrogen) atoms. The summed E-state index contributed by atoms with van der Waals surface area (Å²) in [4.78, 5) is 31.0. The monoisotopic (exact) mass is 314 g/mol. The topological polar surface area (TPSA) is 67.3 Å². The minimum absolute atomic E-state index is 0.0572. The zero-order chi connectivity index (χ0) is 16.5. The Balaban J connectivity index is 2.66. The largest absolute Gasteiger partial charge is 0.480 e. The van der Waals surface area contributed by atoms with E-state index in [-0.39, 0.29) is 12.3 Å². The normalized spacial score (nSPS) is 22.0. The lowest BCUT2D eigenvalue weighted by molar-refractivity contribution is -0.138. The molecule has 128 valence electrons. The van der Waals surface area contributed by atoms with Crippen molar-refractivity contribution in [2.45, 2.75) is 6.92 Å². The lowest BCUT2D eigenvalue weighted by Gasteiger charge is -2.31. The number of carbonyl (C=O) groups excluding carboxylic acids is 1. The summed E-state index contributed by atoms with van der Waals surface area (Å²) in [5, 5.41) is 9.04. The first-order valence-corrected chi connectivity index (χ1v) is 7.90. The van der Waals surface area contributed by atoms with Crippen LogP contribution in [0.5, 0.6) is 0 Å². The number of carboxylic acids is 1. The smallest absolute Gasteiger partial charge is 0.317 e. The number of nitrogens with zero attached hydrogens (tertiary/aromatic N) is 4. The van der Waals surface area contributed by atoms with Gasteiger partial charge in [-0.25, -0.2) is 0 Å². The first kappa shape index (κ1) is 19.0. The van der Waals surface area contributed by atoms with Crippen LogP contribution in [0.1, 0.15) is 6.92 Å². The van der Waals surface area contributed by atoms with E-state index in [1.807, 2.05) is 4.90 Å². The van der Waals surface area contributed by atoms with Gasteiger partial charge >= 0.3 is 5.97 Å². The van der Waals surface area contributed by atoms with Crippen LogP contribution in [-0.4, -0.2) is 116 Å². The second kappa shape index (κ2) is 9.89. The number of Topliss-reactive ketones (excluding diaryl/α,β-unsaturated/α-hetero) is 1. The van der Waals surface area contributed by atoms with Gasteiger partial charge in [0.25, 0.3) is 0 Å². The van der Waals surface area contributed by atoms with Gasteiger partial charge < -0.3 is 14.9 Å². The van der Waals surface area contributed by atoms with E-state index < -0.39 is 5.97 Å². The number of ketones is 1. The van der Waals surface area contributed by atoms with Crippen molar-refractivity contribution < 1.29 is 14.7 Å². The average molecular weight is 314 g/mol. The molecule has 0 saturated carbocycles. The van der Waals surface area contributed by atoms with Crippen LogP contribution in [0.15, 0.2) is 0 Å². The number of hydrogen-bond donors (Lipinski definition) is 1. The highest BCUT2D eigenvalue weighted by Gasteiger charge is 2.16. The third-order valence-electron chi connectivity index (χ3n) is 4.00. The van der Waals surface area contributed by atoms with Gasteiger partial charge in [-0.2, -0.15) is 0 Å². The number of rotatable bonds is 4. The van der Waals surface area contributed by atoms with Crippen LogP contribution in [0.25, 0.3) is 0 Å². The molecule has 0 unspecified atom stereocenters. The molecule has 1 saturated heterocycles. The van der Waals surface area contributed by atoms with E-state index in [4.69, 9.17) is 5.11 Å². The van der Waals surface area contributed by atoms with E-state index in [2.05, 4.69) is 28.8 Å². The molecule has 1 N–H and O–H groups in total. The maximum absolute atomic E-state index is 11.4. The molecule has 0 aromatic carbocycles. The third kappa shape index (κ3) is 8.43. The highest BCUT2D eigenvalue weighted by Crippen LogP contribution is 1.98. The molecule has 1 rings (SSSR count). The number of carbonyl (C=O) groups is 2. The Labute approximate surface area is 133 Å². The van der Waals surface area contributed by atoms with E-state index in [9.17, 15) is 9.59 Å². The molecule has 0 radical (unpaired) electrons. The molecule has 0 aliphatic carbocycles. The lowest BCUT2D eigenvalue weighted by atomic mass is 10.3. The standard InChI is InChI=1S/C15H30N4O3/c1-14(20)12-18-8-6-16(2)4-5-17(3)7-9-19(11-10-18)13-15(21)22/h4-13H2,1-3H3,(H,21,22). The van der Waals surface area contributed by atoms with Crippen molar-refractivity contribution in [2.24, 2.45) is 0 Å². The minimum Gasteiger partial charge on any atom is -0.480 e. The molecule has 1 heterocycles. The van der Waals surface area contributed by atoms with Gasteiger partial charge in [-0.1, -0.05) is 0 Å². The molecule has 0 atom stereocenters. The Morgan fingerprint density at radius 2 is 1.14 bits per heavy atom. The maximum atomic E-state index is 11.4. The molecular weight excluding hydrogens is 284 g/mol. The zero-order valence-corrected chi connectivity index (χ0v) is 14.1. The van der Waals surface area contributed by atoms with Crippen molar-refractivity contribution in [1.82, 2.24) is 19.6 Å². The molecule has 7 heteroatoms. The summed E-state index contributed by atoms with van der Waals surface area (Å²) < 4.78 is 0. The highest BCUT2D eigenvalue weighted by atomic mass is 16.4. The van der Waals surface area contributed by atoms with Gasteiger partial charge in [-0.3, -0.25) is 19.4 Å². The molecule has 1 fully saturated rings. The molecular formula is C15H30N4O3. The molecule has 0 aromatic heterocycles. The van der Waals surface area contributed by atoms with Gasteiger partial charge in [0, 0.05) is 52.4 Å². The number of aliphatic carboxylic acids is 1. The Morgan fingerprint density at radius 3 is 1.55 bits per heavy atom. The molecule has 1 aliphatic heterocycles. The first-order chi connectivity index (χ1) is 10.4. The Kier molecular flexibility index (Phi) is 8.55. The fourth-order valence-corrected chi connectivity index (χ4v) is 2.52. The summed E-state index contributed by atoms with van der Waals surface area (Å²) in [6.45, 7) is 8.78. The quantitative estimate of drug-likeness (QED) is 0.724. The molecule has 0 spiro atoms. The first-order valence-electron chi connectivity index (χ1n) is 7.90. The second-order valence-corrected chi connectivity index (χ2v) is 6.25. The number of likely N-dealkylation sites (N-methyl/N-ethyl adjacent to an activating group) is 2. The van der Waals surface area contributed by atoms with E-state index in [0.29, 0.717) is 13.1 Å². The van der Waals surface area contributed by atoms with Crippen LogP contribution in [0.4, 0.5) is 0 Å². The Bertz CT molecular complexity index is 331. The van der Waals surface area contributed by atoms with Crippen molar-refractivity contribution in [3.8, 4) is 0 Å². The predicted molar refractivity (Wildman–Crippen MR) is 86.2 cm³/mol. The maximum Gasteiger partial charge on any atom is 0.317 e. The summed E-state index contributed by atoms with van der Waals surface area (Å²) in [6.07, 6.45) is 0. The molecule has 0 bridgehead atoms. The van der Waals surface area contributed by atoms with Crippen LogP contribution < -0.4 is 0 Å². The Morgan fingerprint density at radius 1 is 0.773 bits per heavy atom. The third-order valence-corrected chi connectivity index (χ3v) is 4.00. The molecule has 7 nitrogen and oxygen atoms in total. The van der Waals surface area contributed by atoms with Gasteiger partial charge in [0.15, 0.2) is 0 Å². The van der Waals surface area contributed by atoms with Crippen molar-refractivity contribution >= 4 is 11.8 Å². The van der Waals surface area contributed by atoms with E-state index in [1.165, 1.54) is 0 Å². The summed E-state index contributed by atoms with van der Waals surface area (Å²) in [5.41, 5.74) is 0. The molecule has 0 amide bonds. The van der Waals surface area contributed by atoms with E-state index >= 15 is 0 Å². The molecule has 1 aliphatic rings. The van der Waals surface area contributed by atoms with Gasteiger partial charge in [-0.05, 0) is 21.0 Å². The van der Waals surface area contributed by atoms with Crippen molar-refractivity contribution in [3.63, 3.8) is 0 Å². The van der Waals surface area contributed by atoms with Crippen LogP contribution in [0.2, 0.25) is 0 Å². The van der Waals surface area contributed by atoms with Crippen LogP contribution in [0.3, 0.4) is 0 Å². The SMILES string of the molecule is CC(=O)CN1CCN(C)CCN(C)CCN(CC(=O)O)CC1. The minimum atomic E-state index is -0.799. The van der Waals surface area contributed by atoms with Crippen molar-refractivity contribution in [1.29, 1.82) is 0 Å². The van der Waals surface area contributed by atoms with Crippen LogP contribution in [0, 0.1) is 0 Å². The van der Waals surface area contributed by atoms with Crippen molar-refractivity contribution in [2.75, 3.05) is 79.5 Å².